The van der Waals surface area contributed by atoms with Crippen LogP contribution in [0, 0.1) is 5.82 Å². The van der Waals surface area contributed by atoms with Crippen LogP contribution in [-0.2, 0) is 7.05 Å². The van der Waals surface area contributed by atoms with Gasteiger partial charge in [-0.15, -0.1) is 0 Å². The molecule has 4 heterocycles. The van der Waals surface area contributed by atoms with Crippen molar-refractivity contribution in [2.45, 2.75) is 24.9 Å². The SMILES string of the molecule is COc1cccc(F)c1C1=CNC(c2ccc(-c3cnn(C)c3)c(N[C@H]3CCNC3)n2)C1. The maximum absolute atomic E-state index is 14.6. The molecule has 1 aromatic carbocycles. The molecule has 0 bridgehead atoms. The van der Waals surface area contributed by atoms with E-state index in [1.807, 2.05) is 31.7 Å². The van der Waals surface area contributed by atoms with Crippen molar-refractivity contribution >= 4 is 11.4 Å². The smallest absolute Gasteiger partial charge is 0.134 e. The second-order valence-corrected chi connectivity index (χ2v) is 8.28. The number of halogens is 1. The normalized spacial score (nSPS) is 20.2. The van der Waals surface area contributed by atoms with E-state index >= 15 is 0 Å². The molecule has 8 heteroatoms. The van der Waals surface area contributed by atoms with E-state index in [0.717, 1.165) is 47.7 Å². The van der Waals surface area contributed by atoms with Crippen molar-refractivity contribution in [3.05, 3.63) is 66.0 Å². The molecule has 3 aromatic rings. The molecule has 1 saturated heterocycles. The lowest BCUT2D eigenvalue weighted by molar-refractivity contribution is 0.409. The monoisotopic (exact) mass is 434 g/mol. The first-order chi connectivity index (χ1) is 15.6. The van der Waals surface area contributed by atoms with Crippen LogP contribution in [0.5, 0.6) is 5.75 Å². The van der Waals surface area contributed by atoms with E-state index in [1.165, 1.54) is 6.07 Å². The molecule has 166 valence electrons. The lowest BCUT2D eigenvalue weighted by Gasteiger charge is -2.19. The summed E-state index contributed by atoms with van der Waals surface area (Å²) in [5.74, 6) is 1.10. The van der Waals surface area contributed by atoms with Crippen molar-refractivity contribution in [1.29, 1.82) is 0 Å². The summed E-state index contributed by atoms with van der Waals surface area (Å²) in [4.78, 5) is 5.00. The fraction of sp³-hybridized carbons (Fsp3) is 0.333. The summed E-state index contributed by atoms with van der Waals surface area (Å²) in [6.45, 7) is 1.92. The molecule has 32 heavy (non-hydrogen) atoms. The lowest BCUT2D eigenvalue weighted by atomic mass is 9.98. The number of methoxy groups -OCH3 is 1. The van der Waals surface area contributed by atoms with Crippen LogP contribution in [-0.4, -0.2) is 41.0 Å². The summed E-state index contributed by atoms with van der Waals surface area (Å²) < 4.78 is 21.7. The van der Waals surface area contributed by atoms with Gasteiger partial charge in [0.25, 0.3) is 0 Å². The number of anilines is 1. The molecule has 0 amide bonds. The predicted molar refractivity (Wildman–Crippen MR) is 123 cm³/mol. The van der Waals surface area contributed by atoms with E-state index in [0.29, 0.717) is 23.8 Å². The Morgan fingerprint density at radius 3 is 2.91 bits per heavy atom. The molecule has 0 spiro atoms. The number of hydrogen-bond donors (Lipinski definition) is 3. The van der Waals surface area contributed by atoms with Crippen LogP contribution in [0.4, 0.5) is 10.2 Å². The Morgan fingerprint density at radius 2 is 2.16 bits per heavy atom. The minimum absolute atomic E-state index is 0.0421. The molecule has 2 aliphatic rings. The molecule has 5 rings (SSSR count). The number of nitrogens with one attached hydrogen (secondary N) is 3. The van der Waals surface area contributed by atoms with Crippen LogP contribution in [0.2, 0.25) is 0 Å². The van der Waals surface area contributed by atoms with E-state index in [4.69, 9.17) is 9.72 Å². The quantitative estimate of drug-likeness (QED) is 0.552. The molecule has 1 unspecified atom stereocenters. The third-order valence-electron chi connectivity index (χ3n) is 6.09. The standard InChI is InChI=1S/C24H27FN6O/c1-31-14-16(12-28-31)18-6-7-20(30-24(18)29-17-8-9-26-13-17)21-10-15(11-27-21)23-19(25)4-3-5-22(23)32-2/h3-7,11-12,14,17,21,26-27H,8-10,13H2,1-2H3,(H,29,30)/t17-,21?/m0/s1. The van der Waals surface area contributed by atoms with Crippen molar-refractivity contribution in [2.24, 2.45) is 7.05 Å². The van der Waals surface area contributed by atoms with Gasteiger partial charge in [0, 0.05) is 49.6 Å². The first-order valence-electron chi connectivity index (χ1n) is 10.9. The number of aromatic nitrogens is 3. The number of aryl methyl sites for hydroxylation is 1. The first kappa shape index (κ1) is 20.5. The van der Waals surface area contributed by atoms with Gasteiger partial charge in [-0.25, -0.2) is 9.37 Å². The molecular weight excluding hydrogens is 407 g/mol. The largest absolute Gasteiger partial charge is 0.496 e. The zero-order chi connectivity index (χ0) is 22.1. The molecule has 7 nitrogen and oxygen atoms in total. The Kier molecular flexibility index (Phi) is 5.53. The second-order valence-electron chi connectivity index (χ2n) is 8.28. The van der Waals surface area contributed by atoms with Gasteiger partial charge < -0.3 is 20.7 Å². The van der Waals surface area contributed by atoms with Crippen LogP contribution in [0.15, 0.2) is 48.9 Å². The molecule has 0 aliphatic carbocycles. The summed E-state index contributed by atoms with van der Waals surface area (Å²) in [5.41, 5.74) is 4.34. The maximum atomic E-state index is 14.6. The van der Waals surface area contributed by atoms with Gasteiger partial charge in [-0.2, -0.15) is 5.10 Å². The highest BCUT2D eigenvalue weighted by Gasteiger charge is 2.26. The Labute approximate surface area is 186 Å². The van der Waals surface area contributed by atoms with Gasteiger partial charge in [-0.1, -0.05) is 6.07 Å². The van der Waals surface area contributed by atoms with Crippen molar-refractivity contribution in [3.8, 4) is 16.9 Å². The lowest BCUT2D eigenvalue weighted by Crippen LogP contribution is -2.23. The molecule has 1 fully saturated rings. The number of rotatable bonds is 6. The van der Waals surface area contributed by atoms with Gasteiger partial charge in [0.05, 0.1) is 30.6 Å². The highest BCUT2D eigenvalue weighted by atomic mass is 19.1. The summed E-state index contributed by atoms with van der Waals surface area (Å²) in [7, 11) is 3.47. The minimum Gasteiger partial charge on any atom is -0.496 e. The van der Waals surface area contributed by atoms with Crippen LogP contribution in [0.3, 0.4) is 0 Å². The highest BCUT2D eigenvalue weighted by molar-refractivity contribution is 5.76. The Morgan fingerprint density at radius 1 is 1.25 bits per heavy atom. The summed E-state index contributed by atoms with van der Waals surface area (Å²) in [5, 5.41) is 14.7. The maximum Gasteiger partial charge on any atom is 0.134 e. The zero-order valence-electron chi connectivity index (χ0n) is 18.2. The minimum atomic E-state index is -0.283. The van der Waals surface area contributed by atoms with Gasteiger partial charge in [-0.3, -0.25) is 4.68 Å². The van der Waals surface area contributed by atoms with E-state index in [2.05, 4.69) is 27.1 Å². The molecule has 2 aromatic heterocycles. The van der Waals surface area contributed by atoms with Crippen molar-refractivity contribution in [1.82, 2.24) is 25.4 Å². The van der Waals surface area contributed by atoms with E-state index in [-0.39, 0.29) is 11.9 Å². The van der Waals surface area contributed by atoms with Gasteiger partial charge >= 0.3 is 0 Å². The number of pyridine rings is 1. The van der Waals surface area contributed by atoms with Gasteiger partial charge in [-0.05, 0) is 42.8 Å². The van der Waals surface area contributed by atoms with E-state index in [1.54, 1.807) is 23.9 Å². The van der Waals surface area contributed by atoms with Gasteiger partial charge in [0.2, 0.25) is 0 Å². The third-order valence-corrected chi connectivity index (χ3v) is 6.09. The van der Waals surface area contributed by atoms with Gasteiger partial charge in [0.15, 0.2) is 0 Å². The Hall–Kier alpha value is -3.39. The third kappa shape index (κ3) is 3.93. The molecule has 2 aliphatic heterocycles. The number of nitrogens with zero attached hydrogens (tertiary/aromatic N) is 3. The fourth-order valence-electron chi connectivity index (χ4n) is 4.43. The summed E-state index contributed by atoms with van der Waals surface area (Å²) in [6, 6.07) is 9.32. The van der Waals surface area contributed by atoms with Crippen molar-refractivity contribution in [2.75, 3.05) is 25.5 Å². The molecule has 0 saturated carbocycles. The molecule has 3 N–H and O–H groups in total. The van der Waals surface area contributed by atoms with E-state index < -0.39 is 0 Å². The average Bonchev–Trinajstić information content (AvgIpc) is 3.56. The van der Waals surface area contributed by atoms with Crippen molar-refractivity contribution in [3.63, 3.8) is 0 Å². The topological polar surface area (TPSA) is 76.0 Å². The number of hydrogen-bond acceptors (Lipinski definition) is 6. The predicted octanol–water partition coefficient (Wildman–Crippen LogP) is 3.48. The van der Waals surface area contributed by atoms with Crippen molar-refractivity contribution < 1.29 is 9.13 Å². The number of benzene rings is 1. The molecular formula is C24H27FN6O. The van der Waals surface area contributed by atoms with Crippen LogP contribution < -0.4 is 20.7 Å². The number of ether oxygens (including phenoxy) is 1. The summed E-state index contributed by atoms with van der Waals surface area (Å²) >= 11 is 0. The second kappa shape index (κ2) is 8.63. The summed E-state index contributed by atoms with van der Waals surface area (Å²) in [6.07, 6.45) is 7.40. The Bertz CT molecular complexity index is 1150. The highest BCUT2D eigenvalue weighted by Crippen LogP contribution is 2.38. The first-order valence-corrected chi connectivity index (χ1v) is 10.9. The van der Waals surface area contributed by atoms with Gasteiger partial charge in [0.1, 0.15) is 17.4 Å². The van der Waals surface area contributed by atoms with E-state index in [9.17, 15) is 4.39 Å². The Balaban J connectivity index is 1.43. The average molecular weight is 435 g/mol. The van der Waals surface area contributed by atoms with Crippen LogP contribution in [0.1, 0.15) is 30.1 Å². The molecule has 2 atom stereocenters. The fourth-order valence-corrected chi connectivity index (χ4v) is 4.43. The zero-order valence-corrected chi connectivity index (χ0v) is 18.2. The molecule has 0 radical (unpaired) electrons. The van der Waals surface area contributed by atoms with Crippen LogP contribution >= 0.6 is 0 Å². The van der Waals surface area contributed by atoms with Crippen LogP contribution in [0.25, 0.3) is 16.7 Å².